The highest BCUT2D eigenvalue weighted by Crippen LogP contribution is 2.53. The largest absolute Gasteiger partial charge is 0.323 e. The van der Waals surface area contributed by atoms with Crippen molar-refractivity contribution in [2.75, 3.05) is 18.4 Å². The monoisotopic (exact) mass is 375 g/mol. The summed E-state index contributed by atoms with van der Waals surface area (Å²) in [5.74, 6) is -0.228. The van der Waals surface area contributed by atoms with E-state index in [1.165, 1.54) is 0 Å². The number of aromatic nitrogens is 3. The summed E-state index contributed by atoms with van der Waals surface area (Å²) in [6, 6.07) is 2.64. The fourth-order valence-electron chi connectivity index (χ4n) is 4.63. The Labute approximate surface area is 156 Å². The van der Waals surface area contributed by atoms with Gasteiger partial charge in [-0.2, -0.15) is 0 Å². The average molecular weight is 375 g/mol. The molecular formula is C19H23F2N5O. The molecule has 2 heterocycles. The van der Waals surface area contributed by atoms with Gasteiger partial charge >= 0.3 is 6.03 Å². The van der Waals surface area contributed by atoms with Gasteiger partial charge in [-0.1, -0.05) is 12.8 Å². The lowest BCUT2D eigenvalue weighted by Crippen LogP contribution is -2.35. The van der Waals surface area contributed by atoms with Gasteiger partial charge in [-0.15, -0.1) is 10.2 Å². The van der Waals surface area contributed by atoms with E-state index < -0.39 is 17.7 Å². The molecule has 1 aromatic carbocycles. The highest BCUT2D eigenvalue weighted by molar-refractivity contribution is 5.89. The van der Waals surface area contributed by atoms with Gasteiger partial charge in [0.15, 0.2) is 0 Å². The zero-order valence-corrected chi connectivity index (χ0v) is 15.3. The minimum absolute atomic E-state index is 0.0161. The number of hydrogen-bond acceptors (Lipinski definition) is 3. The Morgan fingerprint density at radius 2 is 2.11 bits per heavy atom. The number of rotatable bonds is 3. The maximum absolute atomic E-state index is 13.9. The van der Waals surface area contributed by atoms with E-state index in [-0.39, 0.29) is 17.0 Å². The van der Waals surface area contributed by atoms with Crippen LogP contribution in [0, 0.1) is 17.0 Å². The molecule has 2 aliphatic rings. The Bertz CT molecular complexity index is 846. The van der Waals surface area contributed by atoms with Crippen LogP contribution in [0.1, 0.15) is 44.3 Å². The van der Waals surface area contributed by atoms with E-state index in [1.54, 1.807) is 11.2 Å². The molecule has 0 bridgehead atoms. The molecule has 2 fully saturated rings. The number of anilines is 1. The van der Waals surface area contributed by atoms with Gasteiger partial charge in [0, 0.05) is 31.6 Å². The number of halogens is 2. The highest BCUT2D eigenvalue weighted by Gasteiger charge is 2.51. The number of benzene rings is 1. The van der Waals surface area contributed by atoms with Crippen molar-refractivity contribution in [1.82, 2.24) is 19.7 Å². The molecule has 6 nitrogen and oxygen atoms in total. The van der Waals surface area contributed by atoms with Crippen LogP contribution < -0.4 is 5.32 Å². The number of urea groups is 1. The molecule has 1 spiro atoms. The predicted octanol–water partition coefficient (Wildman–Crippen LogP) is 3.77. The molecule has 1 atom stereocenters. The zero-order valence-electron chi connectivity index (χ0n) is 15.3. The van der Waals surface area contributed by atoms with Crippen LogP contribution in [-0.4, -0.2) is 38.8 Å². The van der Waals surface area contributed by atoms with Crippen LogP contribution in [0.2, 0.25) is 0 Å². The average Bonchev–Trinajstić information content (AvgIpc) is 3.38. The Balaban J connectivity index is 1.58. The van der Waals surface area contributed by atoms with E-state index in [4.69, 9.17) is 0 Å². The van der Waals surface area contributed by atoms with E-state index in [0.29, 0.717) is 13.1 Å². The van der Waals surface area contributed by atoms with Crippen LogP contribution in [0.25, 0.3) is 0 Å². The van der Waals surface area contributed by atoms with Crippen LogP contribution >= 0.6 is 0 Å². The number of amides is 2. The van der Waals surface area contributed by atoms with Crippen LogP contribution in [-0.2, 0) is 6.54 Å². The lowest BCUT2D eigenvalue weighted by Gasteiger charge is -2.29. The number of likely N-dealkylation sites (tertiary alicyclic amines) is 1. The molecule has 2 aromatic rings. The molecule has 1 aromatic heterocycles. The summed E-state index contributed by atoms with van der Waals surface area (Å²) in [6.45, 7) is 3.91. The summed E-state index contributed by atoms with van der Waals surface area (Å²) in [4.78, 5) is 14.5. The van der Waals surface area contributed by atoms with Crippen molar-refractivity contribution in [3.63, 3.8) is 0 Å². The minimum Gasteiger partial charge on any atom is -0.323 e. The molecule has 0 radical (unpaired) electrons. The summed E-state index contributed by atoms with van der Waals surface area (Å²) >= 11 is 0. The maximum atomic E-state index is 13.9. The number of aryl methyl sites for hydroxylation is 1. The van der Waals surface area contributed by atoms with Gasteiger partial charge in [-0.05, 0) is 37.3 Å². The van der Waals surface area contributed by atoms with E-state index >= 15 is 0 Å². The standard InChI is InChI=1S/C19H23F2N5O/c1-2-25-12-22-24-17(25)14-10-26(11-19(14)7-3-4-8-19)18(27)23-16-9-13(20)5-6-15(16)21/h5-6,9,12,14H,2-4,7-8,10-11H2,1H3,(H,23,27). The third-order valence-electron chi connectivity index (χ3n) is 6.00. The number of nitrogens with one attached hydrogen (secondary N) is 1. The van der Waals surface area contributed by atoms with E-state index in [2.05, 4.69) is 15.5 Å². The molecule has 1 N–H and O–H groups in total. The van der Waals surface area contributed by atoms with Gasteiger partial charge in [0.05, 0.1) is 5.69 Å². The first kappa shape index (κ1) is 17.9. The van der Waals surface area contributed by atoms with Gasteiger partial charge < -0.3 is 14.8 Å². The highest BCUT2D eigenvalue weighted by atomic mass is 19.1. The Kier molecular flexibility index (Phi) is 4.57. The van der Waals surface area contributed by atoms with Crippen LogP contribution in [0.15, 0.2) is 24.5 Å². The Morgan fingerprint density at radius 3 is 2.85 bits per heavy atom. The summed E-state index contributed by atoms with van der Waals surface area (Å²) in [6.07, 6.45) is 6.05. The van der Waals surface area contributed by atoms with Gasteiger partial charge in [0.1, 0.15) is 23.8 Å². The lowest BCUT2D eigenvalue weighted by molar-refractivity contribution is 0.212. The second-order valence-electron chi connectivity index (χ2n) is 7.53. The van der Waals surface area contributed by atoms with Gasteiger partial charge in [-0.25, -0.2) is 13.6 Å². The molecule has 4 rings (SSSR count). The molecule has 144 valence electrons. The number of nitrogens with zero attached hydrogens (tertiary/aromatic N) is 4. The SMILES string of the molecule is CCn1cnnc1C1CN(C(=O)Nc2cc(F)ccc2F)CC12CCCC2. The lowest BCUT2D eigenvalue weighted by atomic mass is 9.76. The normalized spacial score (nSPS) is 21.1. The summed E-state index contributed by atoms with van der Waals surface area (Å²) in [7, 11) is 0. The van der Waals surface area contributed by atoms with Crippen molar-refractivity contribution in [1.29, 1.82) is 0 Å². The van der Waals surface area contributed by atoms with Crippen molar-refractivity contribution in [3.05, 3.63) is 42.0 Å². The molecule has 1 unspecified atom stereocenters. The summed E-state index contributed by atoms with van der Waals surface area (Å²) < 4.78 is 29.3. The fourth-order valence-corrected chi connectivity index (χ4v) is 4.63. The van der Waals surface area contributed by atoms with Gasteiger partial charge in [0.25, 0.3) is 0 Å². The molecule has 8 heteroatoms. The molecule has 1 saturated carbocycles. The third kappa shape index (κ3) is 3.17. The van der Waals surface area contributed by atoms with E-state index in [1.807, 2.05) is 11.5 Å². The van der Waals surface area contributed by atoms with Crippen LogP contribution in [0.3, 0.4) is 0 Å². The molecular weight excluding hydrogens is 352 g/mol. The second-order valence-corrected chi connectivity index (χ2v) is 7.53. The van der Waals surface area contributed by atoms with Crippen molar-refractivity contribution in [3.8, 4) is 0 Å². The molecule has 1 saturated heterocycles. The maximum Gasteiger partial charge on any atom is 0.321 e. The van der Waals surface area contributed by atoms with Crippen molar-refractivity contribution >= 4 is 11.7 Å². The summed E-state index contributed by atoms with van der Waals surface area (Å²) in [5.41, 5.74) is -0.154. The minimum atomic E-state index is -0.651. The van der Waals surface area contributed by atoms with Crippen molar-refractivity contribution < 1.29 is 13.6 Å². The van der Waals surface area contributed by atoms with Gasteiger partial charge in [-0.3, -0.25) is 0 Å². The van der Waals surface area contributed by atoms with Crippen molar-refractivity contribution in [2.45, 2.75) is 45.1 Å². The van der Waals surface area contributed by atoms with E-state index in [0.717, 1.165) is 56.3 Å². The van der Waals surface area contributed by atoms with Crippen molar-refractivity contribution in [2.24, 2.45) is 5.41 Å². The molecule has 1 aliphatic heterocycles. The third-order valence-corrected chi connectivity index (χ3v) is 6.00. The smallest absolute Gasteiger partial charge is 0.321 e. The molecule has 1 aliphatic carbocycles. The van der Waals surface area contributed by atoms with Gasteiger partial charge in [0.2, 0.25) is 0 Å². The number of hydrogen-bond donors (Lipinski definition) is 1. The molecule has 2 amide bonds. The second kappa shape index (κ2) is 6.90. The topological polar surface area (TPSA) is 63.1 Å². The van der Waals surface area contributed by atoms with E-state index in [9.17, 15) is 13.6 Å². The fraction of sp³-hybridized carbons (Fsp3) is 0.526. The zero-order chi connectivity index (χ0) is 19.0. The predicted molar refractivity (Wildman–Crippen MR) is 96.3 cm³/mol. The Morgan fingerprint density at radius 1 is 1.33 bits per heavy atom. The first-order chi connectivity index (χ1) is 13.0. The number of carbonyl (C=O) groups excluding carboxylic acids is 1. The first-order valence-electron chi connectivity index (χ1n) is 9.41. The molecule has 27 heavy (non-hydrogen) atoms. The number of carbonyl (C=O) groups is 1. The Hall–Kier alpha value is -2.51. The first-order valence-corrected chi connectivity index (χ1v) is 9.41. The summed E-state index contributed by atoms with van der Waals surface area (Å²) in [5, 5.41) is 10.9. The van der Waals surface area contributed by atoms with Crippen LogP contribution in [0.4, 0.5) is 19.3 Å². The van der Waals surface area contributed by atoms with Crippen LogP contribution in [0.5, 0.6) is 0 Å². The quantitative estimate of drug-likeness (QED) is 0.888.